The highest BCUT2D eigenvalue weighted by Gasteiger charge is 2.01. The summed E-state index contributed by atoms with van der Waals surface area (Å²) in [6.45, 7) is 3.83. The predicted octanol–water partition coefficient (Wildman–Crippen LogP) is 4.33. The molecule has 0 spiro atoms. The molecule has 0 saturated carbocycles. The summed E-state index contributed by atoms with van der Waals surface area (Å²) in [7, 11) is 0. The summed E-state index contributed by atoms with van der Waals surface area (Å²) >= 11 is 11.6. The molecule has 1 aromatic carbocycles. The minimum Gasteiger partial charge on any atom is -0.485 e. The smallest absolute Gasteiger partial charge is 0.138 e. The molecule has 0 unspecified atom stereocenters. The molecule has 0 N–H and O–H groups in total. The van der Waals surface area contributed by atoms with Crippen LogP contribution in [0.25, 0.3) is 0 Å². The van der Waals surface area contributed by atoms with Crippen LogP contribution in [0, 0.1) is 6.61 Å². The van der Waals surface area contributed by atoms with E-state index < -0.39 is 0 Å². The third-order valence-corrected chi connectivity index (χ3v) is 2.04. The van der Waals surface area contributed by atoms with Gasteiger partial charge in [0.15, 0.2) is 0 Å². The van der Waals surface area contributed by atoms with Crippen LogP contribution in [0.1, 0.15) is 19.8 Å². The Labute approximate surface area is 88.6 Å². The Kier molecular flexibility index (Phi) is 4.40. The molecule has 71 valence electrons. The van der Waals surface area contributed by atoms with Crippen molar-refractivity contribution < 1.29 is 4.74 Å². The Morgan fingerprint density at radius 1 is 1.38 bits per heavy atom. The molecule has 1 rings (SSSR count). The van der Waals surface area contributed by atoms with E-state index >= 15 is 0 Å². The molecule has 3 heteroatoms. The second-order valence-electron chi connectivity index (χ2n) is 2.65. The molecule has 0 bridgehead atoms. The monoisotopic (exact) mass is 217 g/mol. The number of hydrogen-bond acceptors (Lipinski definition) is 1. The molecule has 13 heavy (non-hydrogen) atoms. The van der Waals surface area contributed by atoms with E-state index in [1.807, 2.05) is 0 Å². The SMILES string of the molecule is CCC[CH]Oc1ccc(Cl)cc1Cl. The summed E-state index contributed by atoms with van der Waals surface area (Å²) in [5.41, 5.74) is 0. The second-order valence-corrected chi connectivity index (χ2v) is 3.49. The lowest BCUT2D eigenvalue weighted by Crippen LogP contribution is -1.89. The third-order valence-electron chi connectivity index (χ3n) is 1.51. The van der Waals surface area contributed by atoms with Gasteiger partial charge in [0, 0.05) is 5.02 Å². The summed E-state index contributed by atoms with van der Waals surface area (Å²) in [5.74, 6) is 0.652. The maximum absolute atomic E-state index is 5.88. The van der Waals surface area contributed by atoms with E-state index in [4.69, 9.17) is 27.9 Å². The molecule has 0 atom stereocenters. The van der Waals surface area contributed by atoms with Crippen molar-refractivity contribution >= 4 is 23.2 Å². The van der Waals surface area contributed by atoms with Gasteiger partial charge in [0.1, 0.15) is 12.4 Å². The van der Waals surface area contributed by atoms with Gasteiger partial charge in [-0.2, -0.15) is 0 Å². The van der Waals surface area contributed by atoms with Gasteiger partial charge in [-0.25, -0.2) is 0 Å². The van der Waals surface area contributed by atoms with Crippen LogP contribution in [0.15, 0.2) is 18.2 Å². The molecule has 0 amide bonds. The quantitative estimate of drug-likeness (QED) is 0.683. The van der Waals surface area contributed by atoms with Gasteiger partial charge in [-0.05, 0) is 24.6 Å². The molecule has 0 aromatic heterocycles. The van der Waals surface area contributed by atoms with Gasteiger partial charge in [-0.1, -0.05) is 36.5 Å². The highest BCUT2D eigenvalue weighted by molar-refractivity contribution is 6.35. The summed E-state index contributed by atoms with van der Waals surface area (Å²) in [6.07, 6.45) is 1.98. The van der Waals surface area contributed by atoms with Crippen LogP contribution >= 0.6 is 23.2 Å². The van der Waals surface area contributed by atoms with Gasteiger partial charge in [0.05, 0.1) is 5.02 Å². The number of rotatable bonds is 4. The van der Waals surface area contributed by atoms with Crippen LogP contribution in [0.4, 0.5) is 0 Å². The maximum Gasteiger partial charge on any atom is 0.138 e. The number of unbranched alkanes of at least 4 members (excludes halogenated alkanes) is 1. The first-order chi connectivity index (χ1) is 6.24. The van der Waals surface area contributed by atoms with E-state index in [-0.39, 0.29) is 0 Å². The maximum atomic E-state index is 5.88. The average molecular weight is 218 g/mol. The van der Waals surface area contributed by atoms with Gasteiger partial charge in [0.2, 0.25) is 0 Å². The molecule has 1 aromatic rings. The first-order valence-corrected chi connectivity index (χ1v) is 4.93. The van der Waals surface area contributed by atoms with Crippen LogP contribution < -0.4 is 4.74 Å². The molecule has 0 fully saturated rings. The highest BCUT2D eigenvalue weighted by atomic mass is 35.5. The lowest BCUT2D eigenvalue weighted by atomic mass is 10.3. The van der Waals surface area contributed by atoms with Crippen LogP contribution in [-0.2, 0) is 0 Å². The first kappa shape index (κ1) is 10.7. The van der Waals surface area contributed by atoms with Crippen molar-refractivity contribution in [3.05, 3.63) is 34.9 Å². The molecule has 0 saturated heterocycles. The minimum atomic E-state index is 0.542. The molecule has 0 heterocycles. The highest BCUT2D eigenvalue weighted by Crippen LogP contribution is 2.28. The lowest BCUT2D eigenvalue weighted by Gasteiger charge is -2.05. The molecular weight excluding hydrogens is 207 g/mol. The normalized spacial score (nSPS) is 10.1. The van der Waals surface area contributed by atoms with Crippen LogP contribution in [0.5, 0.6) is 5.75 Å². The molecule has 0 aliphatic carbocycles. The number of ether oxygens (including phenoxy) is 1. The Balaban J connectivity index is 2.56. The fraction of sp³-hybridized carbons (Fsp3) is 0.300. The molecular formula is C10H11Cl2O. The molecule has 1 radical (unpaired) electrons. The lowest BCUT2D eigenvalue weighted by molar-refractivity contribution is 0.390. The van der Waals surface area contributed by atoms with Crippen molar-refractivity contribution in [1.82, 2.24) is 0 Å². The number of halogens is 2. The van der Waals surface area contributed by atoms with Crippen LogP contribution in [-0.4, -0.2) is 0 Å². The predicted molar refractivity (Wildman–Crippen MR) is 56.3 cm³/mol. The van der Waals surface area contributed by atoms with Crippen molar-refractivity contribution in [1.29, 1.82) is 0 Å². The largest absolute Gasteiger partial charge is 0.485 e. The van der Waals surface area contributed by atoms with Crippen molar-refractivity contribution in [2.24, 2.45) is 0 Å². The third kappa shape index (κ3) is 3.45. The van der Waals surface area contributed by atoms with Crippen molar-refractivity contribution in [3.8, 4) is 5.75 Å². The van der Waals surface area contributed by atoms with E-state index in [1.54, 1.807) is 24.8 Å². The van der Waals surface area contributed by atoms with E-state index in [0.717, 1.165) is 12.8 Å². The zero-order valence-corrected chi connectivity index (χ0v) is 8.90. The van der Waals surface area contributed by atoms with Gasteiger partial charge >= 0.3 is 0 Å². The summed E-state index contributed by atoms with van der Waals surface area (Å²) < 4.78 is 5.32. The fourth-order valence-electron chi connectivity index (χ4n) is 0.837. The average Bonchev–Trinajstić information content (AvgIpc) is 2.09. The van der Waals surface area contributed by atoms with Crippen molar-refractivity contribution in [2.45, 2.75) is 19.8 Å². The van der Waals surface area contributed by atoms with E-state index in [2.05, 4.69) is 6.92 Å². The minimum absolute atomic E-state index is 0.542. The van der Waals surface area contributed by atoms with Crippen LogP contribution in [0.3, 0.4) is 0 Å². The van der Waals surface area contributed by atoms with E-state index in [9.17, 15) is 0 Å². The van der Waals surface area contributed by atoms with E-state index in [0.29, 0.717) is 15.8 Å². The summed E-state index contributed by atoms with van der Waals surface area (Å²) in [4.78, 5) is 0. The number of hydrogen-bond donors (Lipinski definition) is 0. The van der Waals surface area contributed by atoms with Gasteiger partial charge in [-0.3, -0.25) is 0 Å². The Bertz CT molecular complexity index is 274. The fourth-order valence-corrected chi connectivity index (χ4v) is 1.29. The Morgan fingerprint density at radius 2 is 2.15 bits per heavy atom. The zero-order valence-electron chi connectivity index (χ0n) is 7.39. The Hall–Kier alpha value is -0.400. The van der Waals surface area contributed by atoms with Crippen molar-refractivity contribution in [2.75, 3.05) is 0 Å². The topological polar surface area (TPSA) is 9.23 Å². The molecule has 0 aliphatic heterocycles. The summed E-state index contributed by atoms with van der Waals surface area (Å²) in [6, 6.07) is 5.18. The van der Waals surface area contributed by atoms with Gasteiger partial charge in [0.25, 0.3) is 0 Å². The van der Waals surface area contributed by atoms with Crippen molar-refractivity contribution in [3.63, 3.8) is 0 Å². The summed E-state index contributed by atoms with van der Waals surface area (Å²) in [5, 5.41) is 1.16. The number of benzene rings is 1. The Morgan fingerprint density at radius 3 is 2.77 bits per heavy atom. The molecule has 1 nitrogen and oxygen atoms in total. The molecule has 0 aliphatic rings. The zero-order chi connectivity index (χ0) is 9.68. The van der Waals surface area contributed by atoms with Crippen LogP contribution in [0.2, 0.25) is 10.0 Å². The van der Waals surface area contributed by atoms with Gasteiger partial charge in [-0.15, -0.1) is 0 Å². The second kappa shape index (κ2) is 5.36. The van der Waals surface area contributed by atoms with Gasteiger partial charge < -0.3 is 4.74 Å². The standard InChI is InChI=1S/C10H11Cl2O/c1-2-3-6-13-10-5-4-8(11)7-9(10)12/h4-7H,2-3H2,1H3. The van der Waals surface area contributed by atoms with E-state index in [1.165, 1.54) is 0 Å². The first-order valence-electron chi connectivity index (χ1n) is 4.17.